The maximum Gasteiger partial charge on any atom is 0.508 e. The van der Waals surface area contributed by atoms with Gasteiger partial charge in [0.15, 0.2) is 0 Å². The number of unbranched alkanes of at least 4 members (excludes halogenated alkanes) is 22. The summed E-state index contributed by atoms with van der Waals surface area (Å²) in [5, 5.41) is 6.00. The molecule has 0 fully saturated rings. The van der Waals surface area contributed by atoms with Gasteiger partial charge in [-0.05, 0) is 97.2 Å². The summed E-state index contributed by atoms with van der Waals surface area (Å²) in [5.74, 6) is -0.0120. The third-order valence-electron chi connectivity index (χ3n) is 11.9. The van der Waals surface area contributed by atoms with Crippen LogP contribution in [-0.4, -0.2) is 69.1 Å². The first-order chi connectivity index (χ1) is 29.3. The van der Waals surface area contributed by atoms with Gasteiger partial charge in [-0.3, -0.25) is 14.4 Å². The molecule has 0 bridgehead atoms. The van der Waals surface area contributed by atoms with Gasteiger partial charge in [0, 0.05) is 20.0 Å². The van der Waals surface area contributed by atoms with Crippen LogP contribution in [0.2, 0.25) is 0 Å². The molecule has 1 atom stereocenters. The number of rotatable bonds is 44. The largest absolute Gasteiger partial charge is 0.508 e. The number of carbonyl (C=O) groups excluding carboxylic acids is 2. The van der Waals surface area contributed by atoms with E-state index < -0.39 is 17.0 Å². The molecular weight excluding hydrogens is 755 g/mol. The molecule has 1 aromatic rings. The molecule has 1 unspecified atom stereocenters. The van der Waals surface area contributed by atoms with Crippen molar-refractivity contribution in [3.05, 3.63) is 20.4 Å². The van der Waals surface area contributed by atoms with Crippen molar-refractivity contribution in [1.29, 1.82) is 0 Å². The van der Waals surface area contributed by atoms with Crippen molar-refractivity contribution in [2.75, 3.05) is 50.5 Å². The fraction of sp³-hybridized carbons (Fsp3) is 0.880. The van der Waals surface area contributed by atoms with Crippen molar-refractivity contribution in [1.82, 2.24) is 4.90 Å². The molecular formula is C50H93N3O7. The summed E-state index contributed by atoms with van der Waals surface area (Å²) in [4.78, 5) is 51.2. The molecule has 1 aromatic carbocycles. The summed E-state index contributed by atoms with van der Waals surface area (Å²) >= 11 is 0. The van der Waals surface area contributed by atoms with E-state index in [4.69, 9.17) is 14.2 Å². The molecule has 350 valence electrons. The zero-order valence-electron chi connectivity index (χ0n) is 39.6. The highest BCUT2D eigenvalue weighted by Crippen LogP contribution is 2.19. The van der Waals surface area contributed by atoms with Gasteiger partial charge in [0.05, 0.1) is 6.61 Å². The number of hydrogen-bond acceptors (Lipinski definition) is 10. The molecule has 0 aliphatic rings. The average Bonchev–Trinajstić information content (AvgIpc) is 3.23. The number of nitrogens with zero attached hydrogens (tertiary/aromatic N) is 1. The standard InChI is InChI=1S/C50H93N3O7/c1-6-9-12-15-18-24-32-42-58-50(57)59-43(4)34-26-25-31-40-53(41-33-38-52-47-46(51-5)48(55)49(47)56)39-30-23-19-22-29-37-45(54)60-44(35-27-20-16-13-10-7-2)36-28-21-17-14-11-8-3/h43-44,51-52H,6-42H2,1-5H3. The Morgan fingerprint density at radius 3 is 1.55 bits per heavy atom. The zero-order chi connectivity index (χ0) is 43.9. The number of hydrogen-bond donors (Lipinski definition) is 2. The number of esters is 1. The topological polar surface area (TPSA) is 123 Å². The van der Waals surface area contributed by atoms with E-state index in [9.17, 15) is 19.2 Å². The fourth-order valence-electron chi connectivity index (χ4n) is 8.01. The summed E-state index contributed by atoms with van der Waals surface area (Å²) in [6, 6.07) is 0. The third-order valence-corrected chi connectivity index (χ3v) is 11.9. The number of nitrogens with one attached hydrogen (secondary N) is 2. The van der Waals surface area contributed by atoms with E-state index in [1.165, 1.54) is 96.3 Å². The molecule has 0 spiro atoms. The van der Waals surface area contributed by atoms with E-state index in [0.29, 0.717) is 30.9 Å². The normalized spacial score (nSPS) is 12.1. The van der Waals surface area contributed by atoms with Crippen LogP contribution < -0.4 is 21.5 Å². The van der Waals surface area contributed by atoms with Gasteiger partial charge in [0.25, 0.3) is 10.9 Å². The Kier molecular flexibility index (Phi) is 36.2. The van der Waals surface area contributed by atoms with Crippen molar-refractivity contribution in [2.45, 2.75) is 245 Å². The van der Waals surface area contributed by atoms with Crippen LogP contribution in [0.4, 0.5) is 16.2 Å². The summed E-state index contributed by atoms with van der Waals surface area (Å²) in [6.07, 6.45) is 35.4. The van der Waals surface area contributed by atoms with E-state index in [0.717, 1.165) is 122 Å². The van der Waals surface area contributed by atoms with Crippen LogP contribution >= 0.6 is 0 Å². The van der Waals surface area contributed by atoms with Gasteiger partial charge in [-0.15, -0.1) is 0 Å². The highest BCUT2D eigenvalue weighted by atomic mass is 16.7. The molecule has 10 heteroatoms. The summed E-state index contributed by atoms with van der Waals surface area (Å²) in [5.41, 5.74) is -0.104. The SMILES string of the molecule is CCCCCCCCCOC(=O)OC(C)CCCCCN(CCCCCCCC(=O)OC(CCCCCCCC)CCCCCCCC)CCCNc1c(NC)c(=O)c1=O. The number of ether oxygens (including phenoxy) is 3. The Balaban J connectivity index is 2.40. The minimum atomic E-state index is -0.551. The predicted octanol–water partition coefficient (Wildman–Crippen LogP) is 13.0. The highest BCUT2D eigenvalue weighted by molar-refractivity contribution is 5.73. The van der Waals surface area contributed by atoms with E-state index in [1.54, 1.807) is 7.05 Å². The van der Waals surface area contributed by atoms with Gasteiger partial charge in [0.2, 0.25) is 0 Å². The Morgan fingerprint density at radius 1 is 0.533 bits per heavy atom. The quantitative estimate of drug-likeness (QED) is 0.0373. The van der Waals surface area contributed by atoms with Gasteiger partial charge in [-0.1, -0.05) is 149 Å². The second kappa shape index (κ2) is 39.2. The van der Waals surface area contributed by atoms with Gasteiger partial charge in [-0.2, -0.15) is 0 Å². The van der Waals surface area contributed by atoms with Gasteiger partial charge < -0.3 is 29.7 Å². The molecule has 0 aromatic heterocycles. The van der Waals surface area contributed by atoms with Crippen LogP contribution in [0.5, 0.6) is 0 Å². The Morgan fingerprint density at radius 2 is 0.983 bits per heavy atom. The van der Waals surface area contributed by atoms with Gasteiger partial charge in [-0.25, -0.2) is 4.79 Å². The van der Waals surface area contributed by atoms with Crippen molar-refractivity contribution >= 4 is 23.5 Å². The predicted molar refractivity (Wildman–Crippen MR) is 252 cm³/mol. The number of carbonyl (C=O) groups is 2. The summed E-state index contributed by atoms with van der Waals surface area (Å²) < 4.78 is 16.8. The smallest absolute Gasteiger partial charge is 0.462 e. The van der Waals surface area contributed by atoms with Crippen LogP contribution in [0.15, 0.2) is 9.59 Å². The second-order valence-electron chi connectivity index (χ2n) is 17.5. The van der Waals surface area contributed by atoms with Gasteiger partial charge in [0.1, 0.15) is 23.6 Å². The fourth-order valence-corrected chi connectivity index (χ4v) is 8.01. The first-order valence-electron chi connectivity index (χ1n) is 25.3. The second-order valence-corrected chi connectivity index (χ2v) is 17.5. The van der Waals surface area contributed by atoms with E-state index in [1.807, 2.05) is 6.92 Å². The molecule has 0 saturated carbocycles. The van der Waals surface area contributed by atoms with Crippen LogP contribution in [0, 0.1) is 0 Å². The molecule has 0 aliphatic carbocycles. The van der Waals surface area contributed by atoms with Crippen molar-refractivity contribution in [3.63, 3.8) is 0 Å². The average molecular weight is 848 g/mol. The molecule has 60 heavy (non-hydrogen) atoms. The lowest BCUT2D eigenvalue weighted by Gasteiger charge is -2.23. The van der Waals surface area contributed by atoms with Gasteiger partial charge >= 0.3 is 12.1 Å². The van der Waals surface area contributed by atoms with Crippen molar-refractivity contribution in [2.24, 2.45) is 0 Å². The maximum atomic E-state index is 12.9. The molecule has 0 radical (unpaired) electrons. The number of anilines is 2. The molecule has 1 rings (SSSR count). The summed E-state index contributed by atoms with van der Waals surface area (Å²) in [7, 11) is 1.66. The van der Waals surface area contributed by atoms with E-state index in [2.05, 4.69) is 36.3 Å². The third kappa shape index (κ3) is 29.6. The molecule has 2 N–H and O–H groups in total. The molecule has 10 nitrogen and oxygen atoms in total. The van der Waals surface area contributed by atoms with Crippen LogP contribution in [0.3, 0.4) is 0 Å². The Hall–Kier alpha value is -2.62. The first kappa shape index (κ1) is 55.4. The highest BCUT2D eigenvalue weighted by Gasteiger charge is 2.19. The van der Waals surface area contributed by atoms with E-state index in [-0.39, 0.29) is 18.2 Å². The molecule has 0 amide bonds. The minimum Gasteiger partial charge on any atom is -0.462 e. The van der Waals surface area contributed by atoms with Crippen LogP contribution in [-0.2, 0) is 19.0 Å². The lowest BCUT2D eigenvalue weighted by molar-refractivity contribution is -0.150. The Labute approximate surface area is 367 Å². The molecule has 0 saturated heterocycles. The van der Waals surface area contributed by atoms with Crippen molar-refractivity contribution in [3.8, 4) is 0 Å². The zero-order valence-corrected chi connectivity index (χ0v) is 39.6. The Bertz CT molecular complexity index is 1220. The molecule has 0 aliphatic heterocycles. The summed E-state index contributed by atoms with van der Waals surface area (Å²) in [6.45, 7) is 12.6. The lowest BCUT2D eigenvalue weighted by Crippen LogP contribution is -2.37. The van der Waals surface area contributed by atoms with Crippen molar-refractivity contribution < 1.29 is 23.8 Å². The monoisotopic (exact) mass is 848 g/mol. The lowest BCUT2D eigenvalue weighted by atomic mass is 10.0. The van der Waals surface area contributed by atoms with E-state index >= 15 is 0 Å². The maximum absolute atomic E-state index is 12.9. The molecule has 0 heterocycles. The van der Waals surface area contributed by atoms with Crippen LogP contribution in [0.1, 0.15) is 233 Å². The first-order valence-corrected chi connectivity index (χ1v) is 25.3. The minimum absolute atomic E-state index is 0.0120. The van der Waals surface area contributed by atoms with Crippen LogP contribution in [0.25, 0.3) is 0 Å².